The molecule has 0 saturated heterocycles. The molecule has 0 amide bonds. The Balaban J connectivity index is 2.31. The van der Waals surface area contributed by atoms with Crippen molar-refractivity contribution in [3.63, 3.8) is 0 Å². The van der Waals surface area contributed by atoms with Crippen molar-refractivity contribution >= 4 is 11.7 Å². The van der Waals surface area contributed by atoms with Crippen molar-refractivity contribution in [1.82, 2.24) is 14.8 Å². The fourth-order valence-electron chi connectivity index (χ4n) is 3.98. The quantitative estimate of drug-likeness (QED) is 0.494. The lowest BCUT2D eigenvalue weighted by molar-refractivity contribution is 0.0696. The van der Waals surface area contributed by atoms with Gasteiger partial charge in [-0.25, -0.2) is 4.79 Å². The van der Waals surface area contributed by atoms with Crippen molar-refractivity contribution in [3.8, 4) is 0 Å². The summed E-state index contributed by atoms with van der Waals surface area (Å²) in [6.45, 7) is 10.2. The van der Waals surface area contributed by atoms with Gasteiger partial charge in [0.15, 0.2) is 0 Å². The molecule has 0 saturated carbocycles. The fourth-order valence-corrected chi connectivity index (χ4v) is 3.98. The summed E-state index contributed by atoms with van der Waals surface area (Å²) in [6, 6.07) is 14.2. The molecular formula is C26H35N3O2. The van der Waals surface area contributed by atoms with E-state index in [1.165, 1.54) is 11.6 Å². The number of allylic oxidation sites excluding steroid dienone is 2. The van der Waals surface area contributed by atoms with E-state index in [1.807, 2.05) is 27.0 Å². The van der Waals surface area contributed by atoms with Gasteiger partial charge in [0, 0.05) is 31.5 Å². The van der Waals surface area contributed by atoms with Crippen LogP contribution in [-0.4, -0.2) is 46.0 Å². The van der Waals surface area contributed by atoms with Gasteiger partial charge in [-0.15, -0.1) is 0 Å². The molecule has 1 aromatic carbocycles. The van der Waals surface area contributed by atoms with E-state index in [4.69, 9.17) is 0 Å². The predicted octanol–water partition coefficient (Wildman–Crippen LogP) is 5.84. The molecule has 0 radical (unpaired) electrons. The molecule has 5 nitrogen and oxygen atoms in total. The van der Waals surface area contributed by atoms with Crippen LogP contribution in [0.3, 0.4) is 0 Å². The molecule has 0 fully saturated rings. The minimum absolute atomic E-state index is 0.238. The Labute approximate surface area is 186 Å². The zero-order valence-corrected chi connectivity index (χ0v) is 19.4. The van der Waals surface area contributed by atoms with E-state index in [9.17, 15) is 9.90 Å². The van der Waals surface area contributed by atoms with Gasteiger partial charge in [-0.2, -0.15) is 0 Å². The van der Waals surface area contributed by atoms with E-state index >= 15 is 0 Å². The van der Waals surface area contributed by atoms with E-state index in [2.05, 4.69) is 65.0 Å². The lowest BCUT2D eigenvalue weighted by Crippen LogP contribution is -2.35. The molecule has 0 aliphatic carbocycles. The minimum Gasteiger partial charge on any atom is -0.478 e. The zero-order valence-electron chi connectivity index (χ0n) is 19.4. The molecule has 0 bridgehead atoms. The maximum absolute atomic E-state index is 11.4. The van der Waals surface area contributed by atoms with Gasteiger partial charge in [0.25, 0.3) is 0 Å². The summed E-state index contributed by atoms with van der Waals surface area (Å²) in [6.07, 6.45) is 7.77. The number of hydrogen-bond donors (Lipinski definition) is 1. The van der Waals surface area contributed by atoms with Crippen LogP contribution < -0.4 is 0 Å². The van der Waals surface area contributed by atoms with Crippen molar-refractivity contribution < 1.29 is 9.90 Å². The average Bonchev–Trinajstić information content (AvgIpc) is 2.79. The van der Waals surface area contributed by atoms with Crippen LogP contribution in [0.15, 0.2) is 66.5 Å². The van der Waals surface area contributed by atoms with Gasteiger partial charge >= 0.3 is 5.97 Å². The van der Waals surface area contributed by atoms with E-state index in [0.717, 1.165) is 37.3 Å². The smallest absolute Gasteiger partial charge is 0.335 e. The first kappa shape index (κ1) is 24.4. The molecule has 1 aromatic heterocycles. The van der Waals surface area contributed by atoms with Crippen molar-refractivity contribution in [1.29, 1.82) is 0 Å². The van der Waals surface area contributed by atoms with Gasteiger partial charge in [-0.3, -0.25) is 9.88 Å². The fraction of sp³-hybridized carbons (Fsp3) is 0.385. The van der Waals surface area contributed by atoms with Crippen molar-refractivity contribution in [2.75, 3.05) is 20.1 Å². The summed E-state index contributed by atoms with van der Waals surface area (Å²) in [5.74, 6) is -0.948. The number of rotatable bonds is 11. The highest BCUT2D eigenvalue weighted by Crippen LogP contribution is 2.28. The summed E-state index contributed by atoms with van der Waals surface area (Å²) in [4.78, 5) is 20.5. The summed E-state index contributed by atoms with van der Waals surface area (Å²) >= 11 is 0. The van der Waals surface area contributed by atoms with Gasteiger partial charge in [0.1, 0.15) is 0 Å². The van der Waals surface area contributed by atoms with Crippen LogP contribution in [0.4, 0.5) is 0 Å². The molecule has 5 heteroatoms. The second-order valence-corrected chi connectivity index (χ2v) is 7.55. The predicted molar refractivity (Wildman–Crippen MR) is 128 cm³/mol. The summed E-state index contributed by atoms with van der Waals surface area (Å²) in [7, 11) is 2.02. The molecule has 1 unspecified atom stereocenters. The van der Waals surface area contributed by atoms with Gasteiger partial charge in [0.2, 0.25) is 0 Å². The minimum atomic E-state index is -0.948. The SMILES string of the molecule is C/C=C(/CN(CCC)C(CC)c1ccccc1)N(C)/C(=C/C)c1cc(C(=O)O)ccn1. The topological polar surface area (TPSA) is 56.7 Å². The van der Waals surface area contributed by atoms with Gasteiger partial charge in [-0.1, -0.05) is 56.3 Å². The first-order chi connectivity index (χ1) is 15.0. The van der Waals surface area contributed by atoms with E-state index in [1.54, 1.807) is 12.3 Å². The summed E-state index contributed by atoms with van der Waals surface area (Å²) in [5, 5.41) is 9.35. The number of carboxylic acid groups (broad SMARTS) is 1. The molecule has 166 valence electrons. The first-order valence-electron chi connectivity index (χ1n) is 11.0. The highest BCUT2D eigenvalue weighted by atomic mass is 16.4. The second-order valence-electron chi connectivity index (χ2n) is 7.55. The monoisotopic (exact) mass is 421 g/mol. The highest BCUT2D eigenvalue weighted by molar-refractivity contribution is 5.88. The molecule has 1 N–H and O–H groups in total. The first-order valence-corrected chi connectivity index (χ1v) is 11.0. The van der Waals surface area contributed by atoms with Crippen LogP contribution in [0, 0.1) is 0 Å². The Hall–Kier alpha value is -2.92. The molecule has 1 atom stereocenters. The average molecular weight is 422 g/mol. The van der Waals surface area contributed by atoms with Crippen molar-refractivity contribution in [2.45, 2.75) is 46.6 Å². The van der Waals surface area contributed by atoms with E-state index in [-0.39, 0.29) is 5.56 Å². The maximum atomic E-state index is 11.4. The molecule has 0 spiro atoms. The van der Waals surface area contributed by atoms with Crippen LogP contribution in [0.2, 0.25) is 0 Å². The Morgan fingerprint density at radius 3 is 2.39 bits per heavy atom. The zero-order chi connectivity index (χ0) is 22.8. The van der Waals surface area contributed by atoms with Gasteiger partial charge in [0.05, 0.1) is 17.0 Å². The number of aromatic nitrogens is 1. The van der Waals surface area contributed by atoms with Crippen LogP contribution in [0.25, 0.3) is 5.70 Å². The number of likely N-dealkylation sites (N-methyl/N-ethyl adjacent to an activating group) is 1. The number of nitrogens with zero attached hydrogens (tertiary/aromatic N) is 3. The van der Waals surface area contributed by atoms with E-state index in [0.29, 0.717) is 11.7 Å². The Bertz CT molecular complexity index is 906. The third-order valence-electron chi connectivity index (χ3n) is 5.56. The van der Waals surface area contributed by atoms with Gasteiger partial charge < -0.3 is 10.0 Å². The van der Waals surface area contributed by atoms with Crippen molar-refractivity contribution in [2.24, 2.45) is 0 Å². The van der Waals surface area contributed by atoms with Crippen LogP contribution >= 0.6 is 0 Å². The maximum Gasteiger partial charge on any atom is 0.335 e. The number of aromatic carboxylic acids is 1. The normalized spacial score (nSPS) is 13.4. The molecular weight excluding hydrogens is 386 g/mol. The number of benzene rings is 1. The molecule has 2 aromatic rings. The molecule has 1 heterocycles. The Morgan fingerprint density at radius 1 is 1.13 bits per heavy atom. The number of hydrogen-bond acceptors (Lipinski definition) is 4. The number of pyridine rings is 1. The molecule has 31 heavy (non-hydrogen) atoms. The Morgan fingerprint density at radius 2 is 1.84 bits per heavy atom. The molecule has 2 rings (SSSR count). The summed E-state index contributed by atoms with van der Waals surface area (Å²) in [5.41, 5.74) is 4.27. The largest absolute Gasteiger partial charge is 0.478 e. The number of carbonyl (C=O) groups is 1. The molecule has 0 aliphatic rings. The third kappa shape index (κ3) is 6.28. The number of carboxylic acids is 1. The van der Waals surface area contributed by atoms with Crippen molar-refractivity contribution in [3.05, 3.63) is 83.3 Å². The third-order valence-corrected chi connectivity index (χ3v) is 5.56. The Kier molecular flexibility index (Phi) is 9.47. The lowest BCUT2D eigenvalue weighted by atomic mass is 10.0. The van der Waals surface area contributed by atoms with Crippen LogP contribution in [-0.2, 0) is 0 Å². The highest BCUT2D eigenvalue weighted by Gasteiger charge is 2.22. The lowest BCUT2D eigenvalue weighted by Gasteiger charge is -2.35. The standard InChI is InChI=1S/C26H35N3O2/c1-6-17-29(24(8-3)20-13-11-10-12-14-20)19-22(7-2)28(5)25(9-4)23-18-21(26(30)31)15-16-27-23/h7,9-16,18,24H,6,8,17,19H2,1-5H3,(H,30,31)/b22-7-,25-9+. The second kappa shape index (κ2) is 12.1. The van der Waals surface area contributed by atoms with Crippen LogP contribution in [0.5, 0.6) is 0 Å². The van der Waals surface area contributed by atoms with E-state index < -0.39 is 5.97 Å². The van der Waals surface area contributed by atoms with Crippen LogP contribution in [0.1, 0.15) is 68.2 Å². The molecule has 0 aliphatic heterocycles. The summed E-state index contributed by atoms with van der Waals surface area (Å²) < 4.78 is 0. The van der Waals surface area contributed by atoms with Gasteiger partial charge in [-0.05, 0) is 50.9 Å².